The van der Waals surface area contributed by atoms with Crippen LogP contribution in [-0.2, 0) is 9.53 Å². The topological polar surface area (TPSA) is 73.3 Å². The first kappa shape index (κ1) is 13.1. The molecule has 10 heteroatoms. The van der Waals surface area contributed by atoms with Crippen molar-refractivity contribution in [2.45, 2.75) is 25.1 Å². The first-order valence-electron chi connectivity index (χ1n) is 12.6. The zero-order valence-electron chi connectivity index (χ0n) is 23.3. The third-order valence-corrected chi connectivity index (χ3v) is 4.41. The van der Waals surface area contributed by atoms with Crippen LogP contribution >= 0.6 is 0 Å². The van der Waals surface area contributed by atoms with Gasteiger partial charge in [-0.15, -0.1) is 0 Å². The quantitative estimate of drug-likeness (QED) is 0.801. The molecule has 0 atom stereocenters. The van der Waals surface area contributed by atoms with Gasteiger partial charge in [-0.2, -0.15) is 13.2 Å². The van der Waals surface area contributed by atoms with E-state index in [2.05, 4.69) is 0 Å². The fourth-order valence-corrected chi connectivity index (χ4v) is 3.03. The van der Waals surface area contributed by atoms with Crippen LogP contribution < -0.4 is 9.80 Å². The molecule has 0 aromatic heterocycles. The number of carboxylic acids is 1. The number of alkyl halides is 3. The van der Waals surface area contributed by atoms with Crippen LogP contribution in [0.3, 0.4) is 0 Å². The van der Waals surface area contributed by atoms with Crippen molar-refractivity contribution in [3.8, 4) is 0 Å². The van der Waals surface area contributed by atoms with Crippen LogP contribution in [0.4, 0.5) is 24.5 Å². The number of carbonyl (C=O) groups excluding carboxylic acids is 1. The summed E-state index contributed by atoms with van der Waals surface area (Å²) < 4.78 is 112. The first-order chi connectivity index (χ1) is 16.7. The number of benzene rings is 1. The summed E-state index contributed by atoms with van der Waals surface area (Å²) >= 11 is 0. The van der Waals surface area contributed by atoms with Gasteiger partial charge in [0.05, 0.1) is 16.7 Å². The number of rotatable bonds is 4. The standard InChI is InChI=1S/C19H24F3N3O4/c1-23-6-8-24(9-7-23)14-2-3-15(17(26)27)16(12-14)25(18(28)19(20,21)22)13-4-10-29-11-5-13/h2-3,12-13H,4-11H2,1H3,(H,26,27)/i6D2,7D2,8D2,9D2. The number of hydrogen-bond acceptors (Lipinski definition) is 5. The highest BCUT2D eigenvalue weighted by Gasteiger charge is 2.46. The fourth-order valence-electron chi connectivity index (χ4n) is 3.03. The fraction of sp³-hybridized carbons (Fsp3) is 0.579. The average molecular weight is 423 g/mol. The number of amides is 1. The molecule has 2 fully saturated rings. The summed E-state index contributed by atoms with van der Waals surface area (Å²) in [5.41, 5.74) is -2.29. The highest BCUT2D eigenvalue weighted by molar-refractivity contribution is 6.05. The SMILES string of the molecule is [2H]C1([2H])N(C)C([2H])([2H])C([2H])([2H])N(c2ccc(C(=O)O)c(N(C(=O)C(F)(F)F)C3CCOCC3)c2)C1([2H])[2H]. The molecule has 0 aliphatic carbocycles. The van der Waals surface area contributed by atoms with E-state index in [-0.39, 0.29) is 40.8 Å². The molecular weight excluding hydrogens is 391 g/mol. The molecule has 2 saturated heterocycles. The Morgan fingerprint density at radius 2 is 1.83 bits per heavy atom. The molecular formula is C19H24F3N3O4. The number of nitrogens with zero attached hydrogens (tertiary/aromatic N) is 3. The largest absolute Gasteiger partial charge is 0.478 e. The van der Waals surface area contributed by atoms with Crippen LogP contribution in [0.15, 0.2) is 18.2 Å². The molecule has 2 aliphatic rings. The molecule has 0 bridgehead atoms. The van der Waals surface area contributed by atoms with E-state index in [0.29, 0.717) is 6.07 Å². The Morgan fingerprint density at radius 1 is 1.21 bits per heavy atom. The predicted octanol–water partition coefficient (Wildman–Crippen LogP) is 2.21. The van der Waals surface area contributed by atoms with E-state index in [9.17, 15) is 27.9 Å². The van der Waals surface area contributed by atoms with Gasteiger partial charge in [-0.05, 0) is 38.1 Å². The van der Waals surface area contributed by atoms with E-state index in [0.717, 1.165) is 19.2 Å². The number of ether oxygens (including phenoxy) is 1. The smallest absolute Gasteiger partial charge is 0.471 e. The number of carboxylic acid groups (broad SMARTS) is 1. The van der Waals surface area contributed by atoms with Crippen LogP contribution in [-0.4, -0.2) is 80.3 Å². The van der Waals surface area contributed by atoms with Gasteiger partial charge in [-0.1, -0.05) is 0 Å². The summed E-state index contributed by atoms with van der Waals surface area (Å²) in [6.45, 7) is -13.0. The van der Waals surface area contributed by atoms with Gasteiger partial charge in [0.1, 0.15) is 0 Å². The third kappa shape index (κ3) is 4.81. The van der Waals surface area contributed by atoms with Crippen molar-refractivity contribution in [3.05, 3.63) is 23.8 Å². The van der Waals surface area contributed by atoms with Crippen molar-refractivity contribution >= 4 is 23.3 Å². The maximum atomic E-state index is 13.6. The second-order valence-corrected chi connectivity index (χ2v) is 6.36. The van der Waals surface area contributed by atoms with Crippen molar-refractivity contribution in [2.75, 3.05) is 56.0 Å². The van der Waals surface area contributed by atoms with Crippen LogP contribution in [0.2, 0.25) is 0 Å². The molecule has 0 radical (unpaired) electrons. The van der Waals surface area contributed by atoms with Crippen molar-refractivity contribution in [2.24, 2.45) is 0 Å². The van der Waals surface area contributed by atoms with Gasteiger partial charge in [0, 0.05) is 56.4 Å². The van der Waals surface area contributed by atoms with Gasteiger partial charge in [0.25, 0.3) is 0 Å². The van der Waals surface area contributed by atoms with E-state index < -0.39 is 67.0 Å². The lowest BCUT2D eigenvalue weighted by Gasteiger charge is -2.37. The summed E-state index contributed by atoms with van der Waals surface area (Å²) in [4.78, 5) is 25.0. The lowest BCUT2D eigenvalue weighted by molar-refractivity contribution is -0.171. The summed E-state index contributed by atoms with van der Waals surface area (Å²) in [6.07, 6.45) is -5.62. The number of anilines is 2. The molecule has 0 saturated carbocycles. The van der Waals surface area contributed by atoms with Crippen LogP contribution in [0.25, 0.3) is 0 Å². The second-order valence-electron chi connectivity index (χ2n) is 6.36. The molecule has 2 aliphatic heterocycles. The number of likely N-dealkylation sites (N-methyl/N-ethyl adjacent to an activating group) is 1. The van der Waals surface area contributed by atoms with Gasteiger partial charge in [0.2, 0.25) is 0 Å². The molecule has 1 aromatic carbocycles. The third-order valence-electron chi connectivity index (χ3n) is 4.41. The number of halogens is 3. The Morgan fingerprint density at radius 3 is 2.38 bits per heavy atom. The van der Waals surface area contributed by atoms with Crippen molar-refractivity contribution in [1.82, 2.24) is 4.90 Å². The Kier molecular flexibility index (Phi) is 3.87. The normalized spacial score (nSPS) is 30.3. The van der Waals surface area contributed by atoms with E-state index >= 15 is 0 Å². The van der Waals surface area contributed by atoms with E-state index in [4.69, 9.17) is 15.7 Å². The molecule has 7 nitrogen and oxygen atoms in total. The van der Waals surface area contributed by atoms with Crippen LogP contribution in [0, 0.1) is 0 Å². The molecule has 0 spiro atoms. The van der Waals surface area contributed by atoms with Crippen LogP contribution in [0.5, 0.6) is 0 Å². The lowest BCUT2D eigenvalue weighted by Crippen LogP contribution is -2.50. The van der Waals surface area contributed by atoms with Crippen molar-refractivity contribution < 1.29 is 43.6 Å². The number of carbonyl (C=O) groups is 2. The van der Waals surface area contributed by atoms with Crippen LogP contribution in [0.1, 0.15) is 34.2 Å². The van der Waals surface area contributed by atoms with E-state index in [1.807, 2.05) is 0 Å². The van der Waals surface area contributed by atoms with Crippen molar-refractivity contribution in [1.29, 1.82) is 0 Å². The summed E-state index contributed by atoms with van der Waals surface area (Å²) in [7, 11) is 0.834. The minimum absolute atomic E-state index is 0.0294. The van der Waals surface area contributed by atoms with Gasteiger partial charge < -0.3 is 24.5 Å². The molecule has 3 rings (SSSR count). The minimum atomic E-state index is -5.43. The molecule has 1 N–H and O–H groups in total. The Hall–Kier alpha value is -2.33. The minimum Gasteiger partial charge on any atom is -0.478 e. The Bertz CT molecular complexity index is 1060. The van der Waals surface area contributed by atoms with Gasteiger partial charge >= 0.3 is 18.1 Å². The lowest BCUT2D eigenvalue weighted by atomic mass is 10.0. The highest BCUT2D eigenvalue weighted by Crippen LogP contribution is 2.34. The average Bonchev–Trinajstić information content (AvgIpc) is 2.77. The van der Waals surface area contributed by atoms with Gasteiger partial charge in [-0.25, -0.2) is 4.79 Å². The molecule has 1 aromatic rings. The second kappa shape index (κ2) is 8.58. The highest BCUT2D eigenvalue weighted by atomic mass is 19.4. The summed E-state index contributed by atoms with van der Waals surface area (Å²) in [5.74, 6) is -4.14. The maximum absolute atomic E-state index is 13.6. The maximum Gasteiger partial charge on any atom is 0.471 e. The van der Waals surface area contributed by atoms with Gasteiger partial charge in [0.15, 0.2) is 0 Å². The van der Waals surface area contributed by atoms with Crippen molar-refractivity contribution in [3.63, 3.8) is 0 Å². The summed E-state index contributed by atoms with van der Waals surface area (Å²) in [5, 5.41) is 9.67. The number of piperazine rings is 1. The predicted molar refractivity (Wildman–Crippen MR) is 100 cm³/mol. The van der Waals surface area contributed by atoms with E-state index in [1.165, 1.54) is 0 Å². The first-order valence-corrected chi connectivity index (χ1v) is 8.60. The molecule has 1 amide bonds. The number of aromatic carboxylic acids is 1. The molecule has 2 heterocycles. The Labute approximate surface area is 177 Å². The molecule has 160 valence electrons. The molecule has 29 heavy (non-hydrogen) atoms. The summed E-state index contributed by atoms with van der Waals surface area (Å²) in [6, 6.07) is 1.02. The number of hydrogen-bond donors (Lipinski definition) is 1. The monoisotopic (exact) mass is 423 g/mol. The zero-order chi connectivity index (χ0) is 28.4. The molecule has 0 unspecified atom stereocenters. The Balaban J connectivity index is 2.31. The zero-order valence-corrected chi connectivity index (χ0v) is 15.3. The van der Waals surface area contributed by atoms with E-state index in [1.54, 1.807) is 0 Å². The van der Waals surface area contributed by atoms with Gasteiger partial charge in [-0.3, -0.25) is 4.79 Å².